The number of carbonyl (C=O) groups excluding carboxylic acids is 1. The van der Waals surface area contributed by atoms with Gasteiger partial charge in [-0.05, 0) is 56.2 Å². The van der Waals surface area contributed by atoms with Crippen LogP contribution in [0, 0.1) is 13.8 Å². The molecule has 0 aliphatic heterocycles. The van der Waals surface area contributed by atoms with Crippen molar-refractivity contribution in [1.29, 1.82) is 0 Å². The Morgan fingerprint density at radius 1 is 1.15 bits per heavy atom. The highest BCUT2D eigenvalue weighted by Crippen LogP contribution is 2.33. The molecular weight excluding hydrogens is 424 g/mol. The van der Waals surface area contributed by atoms with Crippen molar-refractivity contribution in [2.75, 3.05) is 18.1 Å². The van der Waals surface area contributed by atoms with Crippen LogP contribution in [0.3, 0.4) is 0 Å². The quantitative estimate of drug-likeness (QED) is 0.475. The molecule has 0 aliphatic rings. The Morgan fingerprint density at radius 2 is 1.81 bits per heavy atom. The van der Waals surface area contributed by atoms with Gasteiger partial charge in [0.2, 0.25) is 0 Å². The predicted molar refractivity (Wildman–Crippen MR) is 115 cm³/mol. The fraction of sp³-hybridized carbons (Fsp3) is 0.238. The second kappa shape index (κ2) is 8.78. The molecule has 3 rings (SSSR count). The molecule has 3 aromatic rings. The van der Waals surface area contributed by atoms with Crippen molar-refractivity contribution in [2.24, 2.45) is 0 Å². The molecule has 0 saturated carbocycles. The Morgan fingerprint density at radius 3 is 2.44 bits per heavy atom. The highest BCUT2D eigenvalue weighted by Gasteiger charge is 2.22. The van der Waals surface area contributed by atoms with E-state index in [0.717, 1.165) is 32.5 Å². The highest BCUT2D eigenvalue weighted by atomic mass is 79.9. The third kappa shape index (κ3) is 4.83. The summed E-state index contributed by atoms with van der Waals surface area (Å²) in [5, 5.41) is 2.62. The van der Waals surface area contributed by atoms with Gasteiger partial charge in [0, 0.05) is 22.0 Å². The molecule has 0 spiro atoms. The van der Waals surface area contributed by atoms with Crippen LogP contribution in [0.1, 0.15) is 18.1 Å². The zero-order valence-corrected chi connectivity index (χ0v) is 17.9. The third-order valence-electron chi connectivity index (χ3n) is 3.97. The lowest BCUT2D eigenvalue weighted by atomic mass is 10.1. The normalized spacial score (nSPS) is 10.8. The summed E-state index contributed by atoms with van der Waals surface area (Å²) in [6.07, 6.45) is 0. The number of rotatable bonds is 6. The van der Waals surface area contributed by atoms with E-state index in [9.17, 15) is 4.79 Å². The van der Waals surface area contributed by atoms with Gasteiger partial charge < -0.3 is 4.74 Å². The smallest absolute Gasteiger partial charge is 0.259 e. The number of aromatic nitrogens is 1. The van der Waals surface area contributed by atoms with E-state index in [1.807, 2.05) is 62.5 Å². The zero-order chi connectivity index (χ0) is 19.4. The summed E-state index contributed by atoms with van der Waals surface area (Å²) in [6.45, 7) is 6.45. The van der Waals surface area contributed by atoms with Crippen molar-refractivity contribution >= 4 is 44.0 Å². The fourth-order valence-electron chi connectivity index (χ4n) is 2.81. The Balaban J connectivity index is 2.00. The molecule has 1 amide bonds. The van der Waals surface area contributed by atoms with Crippen LogP contribution in [0.2, 0.25) is 0 Å². The third-order valence-corrected chi connectivity index (χ3v) is 5.32. The van der Waals surface area contributed by atoms with Crippen LogP contribution < -0.4 is 4.90 Å². The molecule has 1 aromatic heterocycles. The summed E-state index contributed by atoms with van der Waals surface area (Å²) >= 11 is 4.90. The number of aryl methyl sites for hydroxylation is 2. The van der Waals surface area contributed by atoms with E-state index in [2.05, 4.69) is 22.0 Å². The number of benzene rings is 2. The van der Waals surface area contributed by atoms with Gasteiger partial charge >= 0.3 is 0 Å². The van der Waals surface area contributed by atoms with Crippen LogP contribution in [0.25, 0.3) is 11.3 Å². The largest absolute Gasteiger partial charge is 0.372 e. The molecule has 4 nitrogen and oxygen atoms in total. The SMILES string of the molecule is CCOCC(=O)N(c1cc(C)cc(C)c1)c1nc(-c2ccc(Br)cc2)cs1. The van der Waals surface area contributed by atoms with Crippen molar-refractivity contribution in [2.45, 2.75) is 20.8 Å². The number of ether oxygens (including phenoxy) is 1. The van der Waals surface area contributed by atoms with Gasteiger partial charge in [0.05, 0.1) is 11.4 Å². The zero-order valence-electron chi connectivity index (χ0n) is 15.5. The highest BCUT2D eigenvalue weighted by molar-refractivity contribution is 9.10. The minimum absolute atomic E-state index is 0.0245. The van der Waals surface area contributed by atoms with Gasteiger partial charge in [-0.15, -0.1) is 11.3 Å². The number of thiazole rings is 1. The van der Waals surface area contributed by atoms with E-state index in [-0.39, 0.29) is 12.5 Å². The molecule has 0 bridgehead atoms. The van der Waals surface area contributed by atoms with E-state index >= 15 is 0 Å². The van der Waals surface area contributed by atoms with Crippen LogP contribution >= 0.6 is 27.3 Å². The van der Waals surface area contributed by atoms with Crippen LogP contribution in [0.5, 0.6) is 0 Å². The first-order valence-electron chi connectivity index (χ1n) is 8.68. The van der Waals surface area contributed by atoms with Crippen LogP contribution in [0.15, 0.2) is 52.3 Å². The number of carbonyl (C=O) groups is 1. The minimum Gasteiger partial charge on any atom is -0.372 e. The molecule has 0 atom stereocenters. The van der Waals surface area contributed by atoms with E-state index in [1.165, 1.54) is 11.3 Å². The number of amides is 1. The topological polar surface area (TPSA) is 42.4 Å². The molecule has 2 aromatic carbocycles. The lowest BCUT2D eigenvalue weighted by Crippen LogP contribution is -2.30. The van der Waals surface area contributed by atoms with Gasteiger partial charge in [-0.25, -0.2) is 4.98 Å². The number of hydrogen-bond acceptors (Lipinski definition) is 4. The number of anilines is 2. The molecule has 6 heteroatoms. The van der Waals surface area contributed by atoms with Gasteiger partial charge in [0.1, 0.15) is 6.61 Å². The molecule has 0 fully saturated rings. The maximum atomic E-state index is 12.9. The average Bonchev–Trinajstić information content (AvgIpc) is 3.09. The lowest BCUT2D eigenvalue weighted by molar-refractivity contribution is -0.122. The van der Waals surface area contributed by atoms with E-state index in [1.54, 1.807) is 4.90 Å². The first-order chi connectivity index (χ1) is 13.0. The molecule has 1 heterocycles. The molecular formula is C21H21BrN2O2S. The number of halogens is 1. The van der Waals surface area contributed by atoms with Crippen molar-refractivity contribution in [3.63, 3.8) is 0 Å². The second-order valence-electron chi connectivity index (χ2n) is 6.23. The van der Waals surface area contributed by atoms with Crippen LogP contribution in [-0.2, 0) is 9.53 Å². The number of nitrogens with zero attached hydrogens (tertiary/aromatic N) is 2. The first-order valence-corrected chi connectivity index (χ1v) is 10.4. The van der Waals surface area contributed by atoms with Gasteiger partial charge in [-0.2, -0.15) is 0 Å². The minimum atomic E-state index is -0.126. The molecule has 0 radical (unpaired) electrons. The molecule has 0 saturated heterocycles. The van der Waals surface area contributed by atoms with Gasteiger partial charge in [-0.1, -0.05) is 34.1 Å². The summed E-state index contributed by atoms with van der Waals surface area (Å²) < 4.78 is 6.38. The Hall–Kier alpha value is -2.02. The summed E-state index contributed by atoms with van der Waals surface area (Å²) in [7, 11) is 0. The standard InChI is InChI=1S/C21H21BrN2O2S/c1-4-26-12-20(25)24(18-10-14(2)9-15(3)11-18)21-23-19(13-27-21)16-5-7-17(22)8-6-16/h5-11,13H,4,12H2,1-3H3. The molecule has 27 heavy (non-hydrogen) atoms. The molecule has 0 N–H and O–H groups in total. The van der Waals surface area contributed by atoms with Crippen molar-refractivity contribution in [1.82, 2.24) is 4.98 Å². The van der Waals surface area contributed by atoms with Crippen LogP contribution in [0.4, 0.5) is 10.8 Å². The predicted octanol–water partition coefficient (Wildman–Crippen LogP) is 5.89. The van der Waals surface area contributed by atoms with E-state index < -0.39 is 0 Å². The van der Waals surface area contributed by atoms with Crippen molar-refractivity contribution in [3.8, 4) is 11.3 Å². The maximum Gasteiger partial charge on any atom is 0.259 e. The first kappa shape index (κ1) is 19.7. The Bertz CT molecular complexity index is 917. The Labute approximate surface area is 171 Å². The van der Waals surface area contributed by atoms with Crippen molar-refractivity contribution in [3.05, 3.63) is 63.4 Å². The molecule has 0 aliphatic carbocycles. The van der Waals surface area contributed by atoms with E-state index in [4.69, 9.17) is 9.72 Å². The Kier molecular flexibility index (Phi) is 6.42. The maximum absolute atomic E-state index is 12.9. The van der Waals surface area contributed by atoms with Crippen LogP contribution in [-0.4, -0.2) is 24.1 Å². The molecule has 140 valence electrons. The lowest BCUT2D eigenvalue weighted by Gasteiger charge is -2.21. The summed E-state index contributed by atoms with van der Waals surface area (Å²) in [5.41, 5.74) is 4.88. The van der Waals surface area contributed by atoms with Crippen molar-refractivity contribution < 1.29 is 9.53 Å². The van der Waals surface area contributed by atoms with Gasteiger partial charge in [0.25, 0.3) is 5.91 Å². The average molecular weight is 445 g/mol. The fourth-order valence-corrected chi connectivity index (χ4v) is 3.95. The van der Waals surface area contributed by atoms with Gasteiger partial charge in [0.15, 0.2) is 5.13 Å². The monoisotopic (exact) mass is 444 g/mol. The molecule has 0 unspecified atom stereocenters. The second-order valence-corrected chi connectivity index (χ2v) is 7.99. The number of hydrogen-bond donors (Lipinski definition) is 0. The summed E-state index contributed by atoms with van der Waals surface area (Å²) in [4.78, 5) is 19.3. The summed E-state index contributed by atoms with van der Waals surface area (Å²) in [6, 6.07) is 14.1. The van der Waals surface area contributed by atoms with E-state index in [0.29, 0.717) is 11.7 Å². The van der Waals surface area contributed by atoms with Gasteiger partial charge in [-0.3, -0.25) is 9.69 Å². The summed E-state index contributed by atoms with van der Waals surface area (Å²) in [5.74, 6) is -0.126.